The molecular weight excluding hydrogens is 400 g/mol. The molecule has 28 heavy (non-hydrogen) atoms. The molecule has 152 valence electrons. The van der Waals surface area contributed by atoms with Gasteiger partial charge in [-0.25, -0.2) is 8.42 Å². The molecule has 0 spiro atoms. The van der Waals surface area contributed by atoms with Gasteiger partial charge in [0.05, 0.1) is 11.5 Å². The quantitative estimate of drug-likeness (QED) is 0.681. The van der Waals surface area contributed by atoms with Crippen LogP contribution in [0.3, 0.4) is 0 Å². The third-order valence-corrected chi connectivity index (χ3v) is 6.74. The van der Waals surface area contributed by atoms with Gasteiger partial charge in [0.1, 0.15) is 0 Å². The average Bonchev–Trinajstić information content (AvgIpc) is 3.16. The smallest absolute Gasteiger partial charge is 0.277 e. The number of likely N-dealkylation sites (tertiary alicyclic amines) is 1. The van der Waals surface area contributed by atoms with Gasteiger partial charge < -0.3 is 9.32 Å². The molecule has 1 fully saturated rings. The number of hydrogen-bond donors (Lipinski definition) is 1. The number of nitrogens with one attached hydrogen (secondary N) is 1. The van der Waals surface area contributed by atoms with Crippen LogP contribution >= 0.6 is 11.8 Å². The van der Waals surface area contributed by atoms with E-state index in [1.165, 1.54) is 18.2 Å². The molecule has 1 aromatic heterocycles. The van der Waals surface area contributed by atoms with Gasteiger partial charge in [-0.05, 0) is 57.4 Å². The van der Waals surface area contributed by atoms with Crippen molar-refractivity contribution >= 4 is 33.4 Å². The molecule has 2 heterocycles. The van der Waals surface area contributed by atoms with E-state index < -0.39 is 10.0 Å². The van der Waals surface area contributed by atoms with Gasteiger partial charge in [0, 0.05) is 23.8 Å². The molecule has 1 N–H and O–H groups in total. The summed E-state index contributed by atoms with van der Waals surface area (Å²) in [5.74, 6) is 0.688. The summed E-state index contributed by atoms with van der Waals surface area (Å²) in [4.78, 5) is 14.3. The number of sulfonamides is 1. The van der Waals surface area contributed by atoms with Crippen LogP contribution in [0.25, 0.3) is 11.5 Å². The van der Waals surface area contributed by atoms with Gasteiger partial charge in [0.2, 0.25) is 21.8 Å². The number of rotatable bonds is 7. The number of carbonyl (C=O) groups is 1. The van der Waals surface area contributed by atoms with E-state index >= 15 is 0 Å². The molecule has 1 saturated heterocycles. The van der Waals surface area contributed by atoms with Gasteiger partial charge in [-0.3, -0.25) is 9.52 Å². The maximum atomic E-state index is 12.4. The van der Waals surface area contributed by atoms with Crippen LogP contribution < -0.4 is 4.72 Å². The number of piperidine rings is 1. The average molecular weight is 425 g/mol. The van der Waals surface area contributed by atoms with Crippen LogP contribution in [-0.2, 0) is 14.8 Å². The van der Waals surface area contributed by atoms with Crippen molar-refractivity contribution < 1.29 is 17.6 Å². The lowest BCUT2D eigenvalue weighted by Gasteiger charge is -2.33. The summed E-state index contributed by atoms with van der Waals surface area (Å²) in [6, 6.07) is 6.97. The highest BCUT2D eigenvalue weighted by Crippen LogP contribution is 2.25. The molecule has 1 aliphatic heterocycles. The second-order valence-electron chi connectivity index (χ2n) is 6.68. The van der Waals surface area contributed by atoms with Crippen LogP contribution in [0.2, 0.25) is 0 Å². The minimum atomic E-state index is -3.32. The molecule has 0 unspecified atom stereocenters. The summed E-state index contributed by atoms with van der Waals surface area (Å²) in [6.07, 6.45) is 3.27. The lowest BCUT2D eigenvalue weighted by atomic mass is 10.0. The lowest BCUT2D eigenvalue weighted by Crippen LogP contribution is -2.42. The van der Waals surface area contributed by atoms with Crippen molar-refractivity contribution in [3.63, 3.8) is 0 Å². The Morgan fingerprint density at radius 3 is 2.71 bits per heavy atom. The standard InChI is InChI=1S/C18H24N4O4S2/c1-3-28(24,25)21-15-9-7-14(8-10-15)17-19-20-18(26-17)27-12-16(23)22-11-5-4-6-13(22)2/h7-10,13,21H,3-6,11-12H2,1-2H3/t13-/m1/s1. The van der Waals surface area contributed by atoms with Crippen LogP contribution in [0.1, 0.15) is 33.1 Å². The number of hydrogen-bond acceptors (Lipinski definition) is 7. The predicted octanol–water partition coefficient (Wildman–Crippen LogP) is 2.99. The largest absolute Gasteiger partial charge is 0.411 e. The predicted molar refractivity (Wildman–Crippen MR) is 109 cm³/mol. The number of nitrogens with zero attached hydrogens (tertiary/aromatic N) is 3. The minimum Gasteiger partial charge on any atom is -0.411 e. The Hall–Kier alpha value is -2.07. The van der Waals surface area contributed by atoms with Crippen molar-refractivity contribution in [2.75, 3.05) is 22.8 Å². The van der Waals surface area contributed by atoms with Gasteiger partial charge in [-0.2, -0.15) is 0 Å². The highest BCUT2D eigenvalue weighted by Gasteiger charge is 2.23. The Balaban J connectivity index is 1.58. The summed E-state index contributed by atoms with van der Waals surface area (Å²) in [5, 5.41) is 8.34. The van der Waals surface area contributed by atoms with E-state index in [9.17, 15) is 13.2 Å². The number of amides is 1. The normalized spacial score (nSPS) is 17.5. The zero-order chi connectivity index (χ0) is 20.1. The molecule has 0 bridgehead atoms. The zero-order valence-corrected chi connectivity index (χ0v) is 17.6. The third-order valence-electron chi connectivity index (χ3n) is 4.63. The Morgan fingerprint density at radius 1 is 1.29 bits per heavy atom. The monoisotopic (exact) mass is 424 g/mol. The molecule has 1 atom stereocenters. The topological polar surface area (TPSA) is 105 Å². The third kappa shape index (κ3) is 5.26. The van der Waals surface area contributed by atoms with Crippen molar-refractivity contribution in [2.24, 2.45) is 0 Å². The lowest BCUT2D eigenvalue weighted by molar-refractivity contribution is -0.131. The van der Waals surface area contributed by atoms with Crippen molar-refractivity contribution in [3.05, 3.63) is 24.3 Å². The molecule has 3 rings (SSSR count). The van der Waals surface area contributed by atoms with Crippen molar-refractivity contribution in [3.8, 4) is 11.5 Å². The van der Waals surface area contributed by atoms with Gasteiger partial charge in [-0.15, -0.1) is 10.2 Å². The first-order chi connectivity index (χ1) is 13.4. The Kier molecular flexibility index (Phi) is 6.61. The molecule has 1 amide bonds. The summed E-state index contributed by atoms with van der Waals surface area (Å²) in [7, 11) is -3.32. The summed E-state index contributed by atoms with van der Waals surface area (Å²) in [6.45, 7) is 4.46. The van der Waals surface area contributed by atoms with Crippen molar-refractivity contribution in [1.82, 2.24) is 15.1 Å². The van der Waals surface area contributed by atoms with Crippen molar-refractivity contribution in [2.45, 2.75) is 44.4 Å². The molecule has 1 aromatic carbocycles. The van der Waals surface area contributed by atoms with E-state index in [4.69, 9.17) is 4.42 Å². The van der Waals surface area contributed by atoms with Crippen LogP contribution in [0.5, 0.6) is 0 Å². The van der Waals surface area contributed by atoms with E-state index in [0.29, 0.717) is 22.4 Å². The van der Waals surface area contributed by atoms with E-state index in [1.54, 1.807) is 31.2 Å². The van der Waals surface area contributed by atoms with Crippen LogP contribution in [0.4, 0.5) is 5.69 Å². The van der Waals surface area contributed by atoms with Gasteiger partial charge >= 0.3 is 0 Å². The van der Waals surface area contributed by atoms with E-state index in [1.807, 2.05) is 4.90 Å². The fourth-order valence-electron chi connectivity index (χ4n) is 2.99. The Bertz CT molecular complexity index is 912. The summed E-state index contributed by atoms with van der Waals surface area (Å²) >= 11 is 1.23. The van der Waals surface area contributed by atoms with Crippen molar-refractivity contribution in [1.29, 1.82) is 0 Å². The SMILES string of the molecule is CCS(=O)(=O)Nc1ccc(-c2nnc(SCC(=O)N3CCCC[C@H]3C)o2)cc1. The maximum Gasteiger partial charge on any atom is 0.277 e. The molecule has 0 radical (unpaired) electrons. The van der Waals surface area contributed by atoms with Crippen LogP contribution in [0.15, 0.2) is 33.9 Å². The maximum absolute atomic E-state index is 12.4. The van der Waals surface area contributed by atoms with E-state index in [2.05, 4.69) is 21.8 Å². The van der Waals surface area contributed by atoms with E-state index in [0.717, 1.165) is 19.4 Å². The molecule has 10 heteroatoms. The number of benzene rings is 1. The van der Waals surface area contributed by atoms with E-state index in [-0.39, 0.29) is 23.5 Å². The first-order valence-electron chi connectivity index (χ1n) is 9.24. The first-order valence-corrected chi connectivity index (χ1v) is 11.9. The second kappa shape index (κ2) is 8.95. The molecule has 0 aliphatic carbocycles. The highest BCUT2D eigenvalue weighted by molar-refractivity contribution is 7.99. The number of carbonyl (C=O) groups excluding carboxylic acids is 1. The second-order valence-corrected chi connectivity index (χ2v) is 9.61. The molecular formula is C18H24N4O4S2. The highest BCUT2D eigenvalue weighted by atomic mass is 32.2. The molecule has 2 aromatic rings. The fraction of sp³-hybridized carbons (Fsp3) is 0.500. The zero-order valence-electron chi connectivity index (χ0n) is 15.9. The number of thioether (sulfide) groups is 1. The van der Waals surface area contributed by atoms with Gasteiger partial charge in [0.25, 0.3) is 5.22 Å². The number of anilines is 1. The molecule has 8 nitrogen and oxygen atoms in total. The first kappa shape index (κ1) is 20.7. The molecule has 1 aliphatic rings. The minimum absolute atomic E-state index is 0.00786. The van der Waals surface area contributed by atoms with Gasteiger partial charge in [0.15, 0.2) is 0 Å². The van der Waals surface area contributed by atoms with Crippen LogP contribution in [-0.4, -0.2) is 53.5 Å². The van der Waals surface area contributed by atoms with Crippen LogP contribution in [0, 0.1) is 0 Å². The molecule has 0 saturated carbocycles. The Morgan fingerprint density at radius 2 is 2.04 bits per heavy atom. The summed E-state index contributed by atoms with van der Waals surface area (Å²) < 4.78 is 31.3. The number of aromatic nitrogens is 2. The van der Waals surface area contributed by atoms with Gasteiger partial charge in [-0.1, -0.05) is 11.8 Å². The Labute approximate surface area is 169 Å². The summed E-state index contributed by atoms with van der Waals surface area (Å²) in [5.41, 5.74) is 1.15. The fourth-order valence-corrected chi connectivity index (χ4v) is 4.28.